The molecular weight excluding hydrogens is 379 g/mol. The van der Waals surface area contributed by atoms with Crippen LogP contribution in [0.4, 0.5) is 13.2 Å². The van der Waals surface area contributed by atoms with Crippen molar-refractivity contribution in [2.45, 2.75) is 31.5 Å². The molecule has 0 bridgehead atoms. The summed E-state index contributed by atoms with van der Waals surface area (Å²) in [4.78, 5) is 5.99. The first-order valence-corrected chi connectivity index (χ1v) is 9.46. The van der Waals surface area contributed by atoms with Crippen LogP contribution in [0.15, 0.2) is 28.4 Å². The molecule has 6 nitrogen and oxygen atoms in total. The van der Waals surface area contributed by atoms with Crippen LogP contribution in [0.25, 0.3) is 11.3 Å². The van der Waals surface area contributed by atoms with E-state index >= 15 is 0 Å². The summed E-state index contributed by atoms with van der Waals surface area (Å²) < 4.78 is 45.5. The first-order chi connectivity index (χ1) is 12.9. The lowest BCUT2D eigenvalue weighted by atomic mass is 9.98. The molecule has 1 fully saturated rings. The lowest BCUT2D eigenvalue weighted by Gasteiger charge is -2.30. The smallest absolute Gasteiger partial charge is 0.359 e. The zero-order valence-corrected chi connectivity index (χ0v) is 15.4. The van der Waals surface area contributed by atoms with Crippen molar-refractivity contribution in [1.82, 2.24) is 24.8 Å². The van der Waals surface area contributed by atoms with Crippen molar-refractivity contribution in [2.75, 3.05) is 13.1 Å². The highest BCUT2D eigenvalue weighted by Crippen LogP contribution is 2.35. The lowest BCUT2D eigenvalue weighted by molar-refractivity contribution is -0.140. The third-order valence-electron chi connectivity index (χ3n) is 4.61. The molecule has 1 unspecified atom stereocenters. The van der Waals surface area contributed by atoms with Gasteiger partial charge in [-0.1, -0.05) is 5.16 Å². The minimum Gasteiger partial charge on any atom is -0.359 e. The number of piperidine rings is 1. The van der Waals surface area contributed by atoms with Crippen LogP contribution >= 0.6 is 11.3 Å². The molecule has 4 rings (SSSR count). The second kappa shape index (κ2) is 7.08. The molecule has 1 aliphatic heterocycles. The molecule has 3 aromatic rings. The van der Waals surface area contributed by atoms with Crippen LogP contribution in [-0.2, 0) is 19.8 Å². The number of hydrogen-bond donors (Lipinski definition) is 0. The van der Waals surface area contributed by atoms with Crippen LogP contribution in [0, 0.1) is 0 Å². The van der Waals surface area contributed by atoms with Gasteiger partial charge in [0.15, 0.2) is 11.5 Å². The number of aryl methyl sites for hydroxylation is 1. The van der Waals surface area contributed by atoms with Gasteiger partial charge in [-0.05, 0) is 19.4 Å². The highest BCUT2D eigenvalue weighted by Gasteiger charge is 2.35. The zero-order chi connectivity index (χ0) is 19.0. The van der Waals surface area contributed by atoms with Gasteiger partial charge >= 0.3 is 6.18 Å². The van der Waals surface area contributed by atoms with Gasteiger partial charge in [-0.2, -0.15) is 18.3 Å². The van der Waals surface area contributed by atoms with Gasteiger partial charge < -0.3 is 4.52 Å². The van der Waals surface area contributed by atoms with Crippen LogP contribution < -0.4 is 0 Å². The Bertz CT molecular complexity index is 916. The molecule has 27 heavy (non-hydrogen) atoms. The van der Waals surface area contributed by atoms with Crippen LogP contribution in [0.1, 0.15) is 35.2 Å². The maximum absolute atomic E-state index is 12.8. The van der Waals surface area contributed by atoms with Gasteiger partial charge in [-0.3, -0.25) is 9.58 Å². The summed E-state index contributed by atoms with van der Waals surface area (Å²) in [6.07, 6.45) is 0.956. The molecule has 0 aromatic carbocycles. The van der Waals surface area contributed by atoms with Gasteiger partial charge in [-0.25, -0.2) is 4.98 Å². The molecule has 0 radical (unpaired) electrons. The van der Waals surface area contributed by atoms with Crippen molar-refractivity contribution in [3.8, 4) is 11.3 Å². The zero-order valence-electron chi connectivity index (χ0n) is 14.6. The van der Waals surface area contributed by atoms with Crippen molar-refractivity contribution in [2.24, 2.45) is 7.05 Å². The van der Waals surface area contributed by atoms with E-state index in [4.69, 9.17) is 4.52 Å². The Morgan fingerprint density at radius 2 is 2.22 bits per heavy atom. The van der Waals surface area contributed by atoms with Crippen molar-refractivity contribution < 1.29 is 17.7 Å². The summed E-state index contributed by atoms with van der Waals surface area (Å²) in [7, 11) is 1.83. The fourth-order valence-electron chi connectivity index (χ4n) is 3.30. The third-order valence-corrected chi connectivity index (χ3v) is 5.61. The molecule has 4 heterocycles. The van der Waals surface area contributed by atoms with Gasteiger partial charge in [-0.15, -0.1) is 11.3 Å². The van der Waals surface area contributed by atoms with Crippen LogP contribution in [0.2, 0.25) is 0 Å². The number of hydrogen-bond acceptors (Lipinski definition) is 6. The van der Waals surface area contributed by atoms with Crippen LogP contribution in [0.5, 0.6) is 0 Å². The van der Waals surface area contributed by atoms with Crippen LogP contribution in [0.3, 0.4) is 0 Å². The molecule has 0 amide bonds. The van der Waals surface area contributed by atoms with E-state index in [9.17, 15) is 13.2 Å². The van der Waals surface area contributed by atoms with Crippen molar-refractivity contribution in [3.63, 3.8) is 0 Å². The normalized spacial score (nSPS) is 18.9. The Morgan fingerprint density at radius 3 is 2.93 bits per heavy atom. The highest BCUT2D eigenvalue weighted by molar-refractivity contribution is 7.09. The molecular formula is C17H18F3N5OS. The Kier molecular flexibility index (Phi) is 4.77. The van der Waals surface area contributed by atoms with E-state index in [1.807, 2.05) is 19.3 Å². The summed E-state index contributed by atoms with van der Waals surface area (Å²) in [5.41, 5.74) is 0.809. The number of likely N-dealkylation sites (tertiary alicyclic amines) is 1. The predicted octanol–water partition coefficient (Wildman–Crippen LogP) is 3.93. The van der Waals surface area contributed by atoms with Crippen molar-refractivity contribution in [3.05, 3.63) is 40.3 Å². The van der Waals surface area contributed by atoms with Gasteiger partial charge in [0, 0.05) is 42.7 Å². The van der Waals surface area contributed by atoms with E-state index in [2.05, 4.69) is 20.1 Å². The maximum Gasteiger partial charge on any atom is 0.434 e. The molecule has 0 aliphatic carbocycles. The fraction of sp³-hybridized carbons (Fsp3) is 0.471. The molecule has 1 atom stereocenters. The minimum absolute atomic E-state index is 0.0144. The number of aromatic nitrogens is 4. The minimum atomic E-state index is -4.38. The highest BCUT2D eigenvalue weighted by atomic mass is 32.1. The average molecular weight is 397 g/mol. The number of halogens is 3. The molecule has 0 N–H and O–H groups in total. The van der Waals surface area contributed by atoms with E-state index in [0.29, 0.717) is 18.1 Å². The molecule has 0 saturated carbocycles. The molecule has 0 spiro atoms. The molecule has 144 valence electrons. The monoisotopic (exact) mass is 397 g/mol. The fourth-order valence-corrected chi connectivity index (χ4v) is 4.26. The Labute approximate surface area is 157 Å². The maximum atomic E-state index is 12.8. The van der Waals surface area contributed by atoms with E-state index in [0.717, 1.165) is 53.1 Å². The van der Waals surface area contributed by atoms with E-state index in [1.54, 1.807) is 10.9 Å². The molecule has 1 aliphatic rings. The largest absolute Gasteiger partial charge is 0.434 e. The summed E-state index contributed by atoms with van der Waals surface area (Å²) >= 11 is 1.09. The van der Waals surface area contributed by atoms with Crippen molar-refractivity contribution >= 4 is 11.3 Å². The topological polar surface area (TPSA) is 60.0 Å². The SMILES string of the molecule is Cn1cc(-c2cc(CN3CCCC(c4nc(C(F)(F)F)cs4)C3)on2)cn1. The summed E-state index contributed by atoms with van der Waals surface area (Å²) in [6, 6.07) is 1.88. The van der Waals surface area contributed by atoms with Gasteiger partial charge in [0.1, 0.15) is 5.69 Å². The Hall–Kier alpha value is -2.20. The van der Waals surface area contributed by atoms with E-state index in [1.165, 1.54) is 0 Å². The number of nitrogens with zero attached hydrogens (tertiary/aromatic N) is 5. The first kappa shape index (κ1) is 18.2. The molecule has 1 saturated heterocycles. The van der Waals surface area contributed by atoms with Gasteiger partial charge in [0.25, 0.3) is 0 Å². The van der Waals surface area contributed by atoms with Crippen molar-refractivity contribution in [1.29, 1.82) is 0 Å². The second-order valence-electron chi connectivity index (χ2n) is 6.72. The summed E-state index contributed by atoms with van der Waals surface area (Å²) in [5.74, 6) is 0.741. The second-order valence-corrected chi connectivity index (χ2v) is 7.61. The third kappa shape index (κ3) is 4.06. The average Bonchev–Trinajstić information content (AvgIpc) is 3.34. The Morgan fingerprint density at radius 1 is 1.37 bits per heavy atom. The van der Waals surface area contributed by atoms with E-state index in [-0.39, 0.29) is 5.92 Å². The number of alkyl halides is 3. The van der Waals surface area contributed by atoms with Gasteiger partial charge in [0.2, 0.25) is 0 Å². The summed E-state index contributed by atoms with van der Waals surface area (Å²) in [6.45, 7) is 2.10. The lowest BCUT2D eigenvalue weighted by Crippen LogP contribution is -2.33. The quantitative estimate of drug-likeness (QED) is 0.668. The summed E-state index contributed by atoms with van der Waals surface area (Å²) in [5, 5.41) is 9.86. The first-order valence-electron chi connectivity index (χ1n) is 8.58. The standard InChI is InChI=1S/C17H18F3N5OS/c1-24-7-12(6-21-24)14-5-13(26-23-14)9-25-4-2-3-11(8-25)16-22-15(10-27-16)17(18,19)20/h5-7,10-11H,2-4,8-9H2,1H3. The Balaban J connectivity index is 1.42. The number of thiazole rings is 1. The molecule has 3 aromatic heterocycles. The van der Waals surface area contributed by atoms with Crippen LogP contribution in [-0.4, -0.2) is 37.9 Å². The number of rotatable bonds is 4. The van der Waals surface area contributed by atoms with E-state index < -0.39 is 11.9 Å². The molecule has 10 heteroatoms. The predicted molar refractivity (Wildman–Crippen MR) is 93.1 cm³/mol. The van der Waals surface area contributed by atoms with Gasteiger partial charge in [0.05, 0.1) is 17.7 Å².